The van der Waals surface area contributed by atoms with Gasteiger partial charge < -0.3 is 10.1 Å². The molecule has 2 rings (SSSR count). The first-order chi connectivity index (χ1) is 9.25. The highest BCUT2D eigenvalue weighted by atomic mass is 79.9. The van der Waals surface area contributed by atoms with E-state index in [0.717, 1.165) is 29.7 Å². The minimum Gasteiger partial charge on any atom is -0.492 e. The van der Waals surface area contributed by atoms with E-state index >= 15 is 0 Å². The zero-order valence-corrected chi connectivity index (χ0v) is 13.4. The third-order valence-electron chi connectivity index (χ3n) is 2.81. The highest BCUT2D eigenvalue weighted by Crippen LogP contribution is 2.21. The fraction of sp³-hybridized carbons (Fsp3) is 0.333. The Morgan fingerprint density at radius 2 is 2.16 bits per heavy atom. The van der Waals surface area contributed by atoms with Crippen LogP contribution in [0.5, 0.6) is 5.75 Å². The maximum atomic E-state index is 5.70. The molecule has 0 aliphatic carbocycles. The number of hydrogen-bond acceptors (Lipinski definition) is 3. The smallest absolute Gasteiger partial charge is 0.119 e. The van der Waals surface area contributed by atoms with E-state index < -0.39 is 0 Å². The predicted octanol–water partition coefficient (Wildman–Crippen LogP) is 4.03. The third kappa shape index (κ3) is 4.97. The molecule has 19 heavy (non-hydrogen) atoms. The Balaban J connectivity index is 1.60. The van der Waals surface area contributed by atoms with E-state index in [4.69, 9.17) is 4.74 Å². The molecule has 1 N–H and O–H groups in total. The molecular formula is C15H18BrNOS. The van der Waals surface area contributed by atoms with Gasteiger partial charge in [-0.25, -0.2) is 0 Å². The van der Waals surface area contributed by atoms with Crippen molar-refractivity contribution in [3.63, 3.8) is 0 Å². The van der Waals surface area contributed by atoms with Gasteiger partial charge in [0.2, 0.25) is 0 Å². The second-order valence-electron chi connectivity index (χ2n) is 4.34. The summed E-state index contributed by atoms with van der Waals surface area (Å²) in [7, 11) is 0. The molecule has 0 aliphatic heterocycles. The standard InChI is InChI=1S/C15H18BrNOS/c1-12-11-13(4-5-15(12)16)18-9-8-17-7-6-14-3-2-10-19-14/h2-5,10-11,17H,6-9H2,1H3. The van der Waals surface area contributed by atoms with Crippen molar-refractivity contribution in [2.75, 3.05) is 19.7 Å². The molecule has 1 heterocycles. The Bertz CT molecular complexity index is 499. The molecule has 0 atom stereocenters. The summed E-state index contributed by atoms with van der Waals surface area (Å²) < 4.78 is 6.82. The van der Waals surface area contributed by atoms with Gasteiger partial charge in [-0.05, 0) is 48.6 Å². The third-order valence-corrected chi connectivity index (χ3v) is 4.63. The monoisotopic (exact) mass is 339 g/mol. The van der Waals surface area contributed by atoms with E-state index in [1.807, 2.05) is 23.5 Å². The van der Waals surface area contributed by atoms with Crippen molar-refractivity contribution < 1.29 is 4.74 Å². The lowest BCUT2D eigenvalue weighted by Crippen LogP contribution is -2.23. The van der Waals surface area contributed by atoms with Crippen LogP contribution >= 0.6 is 27.3 Å². The number of aryl methyl sites for hydroxylation is 1. The van der Waals surface area contributed by atoms with Crippen molar-refractivity contribution in [3.8, 4) is 5.75 Å². The average Bonchev–Trinajstić information content (AvgIpc) is 2.91. The van der Waals surface area contributed by atoms with E-state index in [1.165, 1.54) is 10.4 Å². The van der Waals surface area contributed by atoms with Crippen LogP contribution in [0.2, 0.25) is 0 Å². The average molecular weight is 340 g/mol. The van der Waals surface area contributed by atoms with Crippen molar-refractivity contribution in [1.29, 1.82) is 0 Å². The van der Waals surface area contributed by atoms with E-state index in [-0.39, 0.29) is 0 Å². The van der Waals surface area contributed by atoms with Crippen molar-refractivity contribution in [2.45, 2.75) is 13.3 Å². The first kappa shape index (κ1) is 14.6. The van der Waals surface area contributed by atoms with Gasteiger partial charge in [-0.3, -0.25) is 0 Å². The Labute approximate surface area is 126 Å². The quantitative estimate of drug-likeness (QED) is 0.769. The predicted molar refractivity (Wildman–Crippen MR) is 85.3 cm³/mol. The zero-order valence-electron chi connectivity index (χ0n) is 11.0. The van der Waals surface area contributed by atoms with Gasteiger partial charge in [-0.1, -0.05) is 22.0 Å². The number of benzene rings is 1. The second-order valence-corrected chi connectivity index (χ2v) is 6.23. The molecule has 1 aromatic carbocycles. The summed E-state index contributed by atoms with van der Waals surface area (Å²) >= 11 is 5.29. The highest BCUT2D eigenvalue weighted by molar-refractivity contribution is 9.10. The van der Waals surface area contributed by atoms with Gasteiger partial charge >= 0.3 is 0 Å². The topological polar surface area (TPSA) is 21.3 Å². The maximum absolute atomic E-state index is 5.70. The molecule has 2 aromatic rings. The van der Waals surface area contributed by atoms with Crippen LogP contribution < -0.4 is 10.1 Å². The van der Waals surface area contributed by atoms with Crippen molar-refractivity contribution >= 4 is 27.3 Å². The molecule has 0 saturated carbocycles. The Morgan fingerprint density at radius 1 is 1.26 bits per heavy atom. The van der Waals surface area contributed by atoms with Crippen LogP contribution in [-0.4, -0.2) is 19.7 Å². The summed E-state index contributed by atoms with van der Waals surface area (Å²) in [6, 6.07) is 10.3. The number of ether oxygens (including phenoxy) is 1. The SMILES string of the molecule is Cc1cc(OCCNCCc2cccs2)ccc1Br. The van der Waals surface area contributed by atoms with Gasteiger partial charge in [-0.2, -0.15) is 0 Å². The normalized spacial score (nSPS) is 10.6. The summed E-state index contributed by atoms with van der Waals surface area (Å²) in [5.41, 5.74) is 1.20. The molecule has 4 heteroatoms. The lowest BCUT2D eigenvalue weighted by molar-refractivity contribution is 0.314. The largest absolute Gasteiger partial charge is 0.492 e. The van der Waals surface area contributed by atoms with E-state index in [2.05, 4.69) is 51.7 Å². The number of rotatable bonds is 7. The highest BCUT2D eigenvalue weighted by Gasteiger charge is 1.98. The summed E-state index contributed by atoms with van der Waals surface area (Å²) in [6.07, 6.45) is 1.09. The first-order valence-electron chi connectivity index (χ1n) is 6.38. The minimum absolute atomic E-state index is 0.700. The molecule has 0 fully saturated rings. The molecular weight excluding hydrogens is 322 g/mol. The lowest BCUT2D eigenvalue weighted by Gasteiger charge is -2.08. The Morgan fingerprint density at radius 3 is 2.89 bits per heavy atom. The van der Waals surface area contributed by atoms with Crippen LogP contribution in [0.3, 0.4) is 0 Å². The van der Waals surface area contributed by atoms with Crippen molar-refractivity contribution in [2.24, 2.45) is 0 Å². The van der Waals surface area contributed by atoms with E-state index in [9.17, 15) is 0 Å². The van der Waals surface area contributed by atoms with Crippen LogP contribution in [0.4, 0.5) is 0 Å². The van der Waals surface area contributed by atoms with Gasteiger partial charge in [0.1, 0.15) is 12.4 Å². The summed E-state index contributed by atoms with van der Waals surface area (Å²) in [5.74, 6) is 0.931. The van der Waals surface area contributed by atoms with E-state index in [1.54, 1.807) is 0 Å². The van der Waals surface area contributed by atoms with Gasteiger partial charge in [0.15, 0.2) is 0 Å². The molecule has 0 amide bonds. The van der Waals surface area contributed by atoms with Crippen LogP contribution in [0.15, 0.2) is 40.2 Å². The molecule has 0 saturated heterocycles. The van der Waals surface area contributed by atoms with Crippen LogP contribution in [-0.2, 0) is 6.42 Å². The van der Waals surface area contributed by atoms with Gasteiger partial charge in [0.05, 0.1) is 0 Å². The number of hydrogen-bond donors (Lipinski definition) is 1. The maximum Gasteiger partial charge on any atom is 0.119 e. The fourth-order valence-corrected chi connectivity index (χ4v) is 2.70. The molecule has 0 radical (unpaired) electrons. The van der Waals surface area contributed by atoms with Crippen molar-refractivity contribution in [1.82, 2.24) is 5.32 Å². The fourth-order valence-electron chi connectivity index (χ4n) is 1.74. The molecule has 1 aromatic heterocycles. The van der Waals surface area contributed by atoms with Gasteiger partial charge in [-0.15, -0.1) is 11.3 Å². The van der Waals surface area contributed by atoms with Crippen LogP contribution in [0.25, 0.3) is 0 Å². The van der Waals surface area contributed by atoms with Crippen molar-refractivity contribution in [3.05, 3.63) is 50.6 Å². The minimum atomic E-state index is 0.700. The summed E-state index contributed by atoms with van der Waals surface area (Å²) in [6.45, 7) is 4.64. The van der Waals surface area contributed by atoms with Gasteiger partial charge in [0.25, 0.3) is 0 Å². The van der Waals surface area contributed by atoms with E-state index in [0.29, 0.717) is 6.61 Å². The summed E-state index contributed by atoms with van der Waals surface area (Å²) in [5, 5.41) is 5.51. The number of nitrogens with one attached hydrogen (secondary N) is 1. The second kappa shape index (κ2) is 7.68. The van der Waals surface area contributed by atoms with Gasteiger partial charge in [0, 0.05) is 22.4 Å². The van der Waals surface area contributed by atoms with Crippen LogP contribution in [0.1, 0.15) is 10.4 Å². The zero-order chi connectivity index (χ0) is 13.5. The molecule has 0 unspecified atom stereocenters. The molecule has 2 nitrogen and oxygen atoms in total. The molecule has 0 aliphatic rings. The molecule has 0 spiro atoms. The first-order valence-corrected chi connectivity index (χ1v) is 8.05. The number of thiophene rings is 1. The molecule has 102 valence electrons. The molecule has 0 bridgehead atoms. The summed E-state index contributed by atoms with van der Waals surface area (Å²) in [4.78, 5) is 1.43. The number of halogens is 1. The van der Waals surface area contributed by atoms with Crippen LogP contribution in [0, 0.1) is 6.92 Å². The lowest BCUT2D eigenvalue weighted by atomic mass is 10.2. The Kier molecular flexibility index (Phi) is 5.89. The Hall–Kier alpha value is -0.840.